The Labute approximate surface area is 154 Å². The van der Waals surface area contributed by atoms with Crippen LogP contribution in [-0.4, -0.2) is 17.1 Å². The van der Waals surface area contributed by atoms with Crippen LogP contribution < -0.4 is 5.43 Å². The number of pyridine rings is 1. The molecule has 1 amide bonds. The molecule has 1 N–H and O–H groups in total. The molecular formula is C21H15N3OS. The predicted octanol–water partition coefficient (Wildman–Crippen LogP) is 4.73. The molecule has 2 aromatic carbocycles. The van der Waals surface area contributed by atoms with Crippen molar-refractivity contribution in [2.75, 3.05) is 0 Å². The second-order valence-electron chi connectivity index (χ2n) is 5.66. The Morgan fingerprint density at radius 1 is 1.00 bits per heavy atom. The molecule has 0 saturated carbocycles. The van der Waals surface area contributed by atoms with Crippen molar-refractivity contribution in [1.82, 2.24) is 10.4 Å². The first-order valence-corrected chi connectivity index (χ1v) is 9.01. The van der Waals surface area contributed by atoms with Gasteiger partial charge in [-0.25, -0.2) is 10.4 Å². The Bertz CT molecular complexity index is 1070. The number of rotatable bonds is 4. The number of amides is 1. The van der Waals surface area contributed by atoms with Crippen molar-refractivity contribution in [2.24, 2.45) is 5.10 Å². The van der Waals surface area contributed by atoms with Crippen molar-refractivity contribution in [3.05, 3.63) is 89.3 Å². The molecule has 0 unspecified atom stereocenters. The topological polar surface area (TPSA) is 54.4 Å². The van der Waals surface area contributed by atoms with E-state index in [0.29, 0.717) is 5.56 Å². The van der Waals surface area contributed by atoms with Crippen LogP contribution in [0.15, 0.2) is 83.3 Å². The first kappa shape index (κ1) is 16.2. The molecule has 0 atom stereocenters. The number of fused-ring (bicyclic) bond motifs is 1. The van der Waals surface area contributed by atoms with Gasteiger partial charge in [0.2, 0.25) is 0 Å². The summed E-state index contributed by atoms with van der Waals surface area (Å²) in [5, 5.41) is 6.88. The van der Waals surface area contributed by atoms with Gasteiger partial charge in [0.15, 0.2) is 0 Å². The van der Waals surface area contributed by atoms with Crippen molar-refractivity contribution in [3.8, 4) is 10.6 Å². The van der Waals surface area contributed by atoms with Gasteiger partial charge in [0.05, 0.1) is 27.9 Å². The summed E-state index contributed by atoms with van der Waals surface area (Å²) in [5.74, 6) is -0.256. The van der Waals surface area contributed by atoms with Gasteiger partial charge in [-0.05, 0) is 29.1 Å². The summed E-state index contributed by atoms with van der Waals surface area (Å²) in [7, 11) is 0. The van der Waals surface area contributed by atoms with Crippen LogP contribution in [0.4, 0.5) is 0 Å². The smallest absolute Gasteiger partial charge is 0.267 e. The van der Waals surface area contributed by atoms with E-state index in [9.17, 15) is 4.79 Å². The summed E-state index contributed by atoms with van der Waals surface area (Å²) in [6.07, 6.45) is 1.63. The van der Waals surface area contributed by atoms with Crippen molar-refractivity contribution in [3.63, 3.8) is 0 Å². The lowest BCUT2D eigenvalue weighted by Gasteiger charge is -2.07. The summed E-state index contributed by atoms with van der Waals surface area (Å²) in [6.45, 7) is 0. The van der Waals surface area contributed by atoms with E-state index in [2.05, 4.69) is 15.5 Å². The molecule has 4 nitrogen and oxygen atoms in total. The van der Waals surface area contributed by atoms with Gasteiger partial charge in [0.25, 0.3) is 5.91 Å². The minimum atomic E-state index is -0.256. The van der Waals surface area contributed by atoms with Gasteiger partial charge in [0.1, 0.15) is 0 Å². The SMILES string of the molecule is O=C(NN=Cc1ccccc1)c1cc(-c2cccs2)nc2ccccc12. The minimum Gasteiger partial charge on any atom is -0.267 e. The van der Waals surface area contributed by atoms with Gasteiger partial charge in [-0.3, -0.25) is 4.79 Å². The molecule has 0 bridgehead atoms. The number of carbonyl (C=O) groups excluding carboxylic acids is 1. The van der Waals surface area contributed by atoms with Crippen LogP contribution in [0.25, 0.3) is 21.5 Å². The van der Waals surface area contributed by atoms with Gasteiger partial charge in [-0.1, -0.05) is 54.6 Å². The first-order chi connectivity index (χ1) is 12.8. The third kappa shape index (κ3) is 3.38. The minimum absolute atomic E-state index is 0.256. The number of hydrazone groups is 1. The number of hydrogen-bond acceptors (Lipinski definition) is 4. The molecule has 0 aliphatic rings. The maximum atomic E-state index is 12.7. The molecule has 0 aliphatic carbocycles. The van der Waals surface area contributed by atoms with Crippen LogP contribution in [0, 0.1) is 0 Å². The third-order valence-corrected chi connectivity index (χ3v) is 4.81. The average Bonchev–Trinajstić information content (AvgIpc) is 3.23. The van der Waals surface area contributed by atoms with E-state index in [-0.39, 0.29) is 5.91 Å². The summed E-state index contributed by atoms with van der Waals surface area (Å²) in [5.41, 5.74) is 5.68. The van der Waals surface area contributed by atoms with Crippen LogP contribution in [0.3, 0.4) is 0 Å². The van der Waals surface area contributed by atoms with Crippen molar-refractivity contribution in [1.29, 1.82) is 0 Å². The fourth-order valence-electron chi connectivity index (χ4n) is 2.68. The van der Waals surface area contributed by atoms with Gasteiger partial charge in [0, 0.05) is 5.39 Å². The Morgan fingerprint density at radius 2 is 1.81 bits per heavy atom. The van der Waals surface area contributed by atoms with Crippen molar-refractivity contribution >= 4 is 34.4 Å². The highest BCUT2D eigenvalue weighted by atomic mass is 32.1. The highest BCUT2D eigenvalue weighted by molar-refractivity contribution is 7.13. The Morgan fingerprint density at radius 3 is 2.62 bits per heavy atom. The molecular weight excluding hydrogens is 342 g/mol. The van der Waals surface area contributed by atoms with Crippen LogP contribution in [0.2, 0.25) is 0 Å². The summed E-state index contributed by atoms with van der Waals surface area (Å²) < 4.78 is 0. The number of benzene rings is 2. The third-order valence-electron chi connectivity index (χ3n) is 3.91. The van der Waals surface area contributed by atoms with E-state index >= 15 is 0 Å². The van der Waals surface area contributed by atoms with E-state index in [1.54, 1.807) is 17.6 Å². The standard InChI is InChI=1S/C21H15N3OS/c25-21(24-22-14-15-7-2-1-3-8-15)17-13-19(20-11-6-12-26-20)23-18-10-5-4-9-16(17)18/h1-14H,(H,24,25). The highest BCUT2D eigenvalue weighted by Crippen LogP contribution is 2.27. The molecule has 4 aromatic rings. The summed E-state index contributed by atoms with van der Waals surface area (Å²) >= 11 is 1.60. The quantitative estimate of drug-likeness (QED) is 0.424. The van der Waals surface area contributed by atoms with Gasteiger partial charge in [-0.15, -0.1) is 11.3 Å². The predicted molar refractivity (Wildman–Crippen MR) is 107 cm³/mol. The monoisotopic (exact) mass is 357 g/mol. The summed E-state index contributed by atoms with van der Waals surface area (Å²) in [6, 6.07) is 23.1. The fraction of sp³-hybridized carbons (Fsp3) is 0. The average molecular weight is 357 g/mol. The number of hydrogen-bond donors (Lipinski definition) is 1. The number of nitrogens with one attached hydrogen (secondary N) is 1. The first-order valence-electron chi connectivity index (χ1n) is 8.13. The number of para-hydroxylation sites is 1. The molecule has 4 rings (SSSR count). The number of thiophene rings is 1. The van der Waals surface area contributed by atoms with E-state index in [1.807, 2.05) is 78.2 Å². The lowest BCUT2D eigenvalue weighted by molar-refractivity contribution is 0.0957. The molecule has 26 heavy (non-hydrogen) atoms. The summed E-state index contributed by atoms with van der Waals surface area (Å²) in [4.78, 5) is 18.4. The van der Waals surface area contributed by atoms with Crippen LogP contribution in [0.5, 0.6) is 0 Å². The zero-order valence-corrected chi connectivity index (χ0v) is 14.6. The van der Waals surface area contributed by atoms with E-state index in [4.69, 9.17) is 0 Å². The van der Waals surface area contributed by atoms with Gasteiger partial charge in [-0.2, -0.15) is 5.10 Å². The Balaban J connectivity index is 1.68. The van der Waals surface area contributed by atoms with Gasteiger partial charge >= 0.3 is 0 Å². The van der Waals surface area contributed by atoms with E-state index in [1.165, 1.54) is 0 Å². The second kappa shape index (κ2) is 7.29. The van der Waals surface area contributed by atoms with E-state index in [0.717, 1.165) is 27.0 Å². The molecule has 2 heterocycles. The number of aromatic nitrogens is 1. The molecule has 2 aromatic heterocycles. The maximum absolute atomic E-state index is 12.7. The van der Waals surface area contributed by atoms with E-state index < -0.39 is 0 Å². The van der Waals surface area contributed by atoms with Gasteiger partial charge < -0.3 is 0 Å². The lowest BCUT2D eigenvalue weighted by atomic mass is 10.1. The zero-order chi connectivity index (χ0) is 17.8. The molecule has 0 spiro atoms. The van der Waals surface area contributed by atoms with Crippen LogP contribution >= 0.6 is 11.3 Å². The Kier molecular flexibility index (Phi) is 4.53. The normalized spacial score (nSPS) is 11.1. The number of nitrogens with zero attached hydrogens (tertiary/aromatic N) is 2. The largest absolute Gasteiger partial charge is 0.272 e. The second-order valence-corrected chi connectivity index (χ2v) is 6.61. The van der Waals surface area contributed by atoms with Crippen LogP contribution in [-0.2, 0) is 0 Å². The van der Waals surface area contributed by atoms with Crippen molar-refractivity contribution < 1.29 is 4.79 Å². The molecule has 0 radical (unpaired) electrons. The molecule has 126 valence electrons. The Hall–Kier alpha value is -3.31. The molecule has 5 heteroatoms. The maximum Gasteiger partial charge on any atom is 0.272 e. The fourth-order valence-corrected chi connectivity index (χ4v) is 3.36. The lowest BCUT2D eigenvalue weighted by Crippen LogP contribution is -2.18. The molecule has 0 saturated heterocycles. The van der Waals surface area contributed by atoms with Crippen molar-refractivity contribution in [2.45, 2.75) is 0 Å². The highest BCUT2D eigenvalue weighted by Gasteiger charge is 2.13. The molecule has 0 fully saturated rings. The van der Waals surface area contributed by atoms with Crippen LogP contribution in [0.1, 0.15) is 15.9 Å². The number of carbonyl (C=O) groups is 1. The zero-order valence-electron chi connectivity index (χ0n) is 13.8. The molecule has 0 aliphatic heterocycles.